The molecule has 15 heavy (non-hydrogen) atoms. The minimum absolute atomic E-state index is 0.774. The minimum atomic E-state index is 0.774. The molecule has 5 heteroatoms. The van der Waals surface area contributed by atoms with Crippen molar-refractivity contribution in [3.63, 3.8) is 0 Å². The molecule has 0 aliphatic rings. The van der Waals surface area contributed by atoms with E-state index in [1.807, 2.05) is 23.0 Å². The molecule has 80 valence electrons. The van der Waals surface area contributed by atoms with Gasteiger partial charge in [0.15, 0.2) is 0 Å². The second kappa shape index (κ2) is 4.18. The molecule has 0 fully saturated rings. The lowest BCUT2D eigenvalue weighted by Gasteiger charge is -2.17. The first-order valence-electron chi connectivity index (χ1n) is 5.01. The molecule has 2 heterocycles. The van der Waals surface area contributed by atoms with Crippen LogP contribution in [-0.4, -0.2) is 27.7 Å². The Morgan fingerprint density at radius 2 is 2.13 bits per heavy atom. The minimum Gasteiger partial charge on any atom is -0.340 e. The summed E-state index contributed by atoms with van der Waals surface area (Å²) in [6.07, 6.45) is 3.76. The van der Waals surface area contributed by atoms with Crippen molar-refractivity contribution < 1.29 is 0 Å². The Kier molecular flexibility index (Phi) is 2.90. The summed E-state index contributed by atoms with van der Waals surface area (Å²) in [6, 6.07) is 1.97. The number of hydrogen-bond donors (Lipinski definition) is 0. The van der Waals surface area contributed by atoms with E-state index in [0.717, 1.165) is 29.0 Å². The number of rotatable bonds is 3. The van der Waals surface area contributed by atoms with Crippen LogP contribution in [0.5, 0.6) is 0 Å². The molecule has 0 atom stereocenters. The number of aromatic nitrogens is 3. The molecule has 0 radical (unpaired) electrons. The van der Waals surface area contributed by atoms with Crippen LogP contribution in [0.3, 0.4) is 0 Å². The number of nitrogens with zero attached hydrogens (tertiary/aromatic N) is 4. The van der Waals surface area contributed by atoms with Gasteiger partial charge < -0.3 is 4.90 Å². The number of halogens is 1. The molecule has 2 rings (SSSR count). The molecule has 0 unspecified atom stereocenters. The van der Waals surface area contributed by atoms with E-state index in [-0.39, 0.29) is 0 Å². The summed E-state index contributed by atoms with van der Waals surface area (Å²) in [7, 11) is 0. The van der Waals surface area contributed by atoms with E-state index in [9.17, 15) is 0 Å². The van der Waals surface area contributed by atoms with Gasteiger partial charge in [0.25, 0.3) is 0 Å². The fourth-order valence-corrected chi connectivity index (χ4v) is 1.91. The molecule has 4 nitrogen and oxygen atoms in total. The lowest BCUT2D eigenvalue weighted by molar-refractivity contribution is 0.780. The summed E-state index contributed by atoms with van der Waals surface area (Å²) in [5, 5.41) is 4.44. The van der Waals surface area contributed by atoms with Crippen molar-refractivity contribution in [3.05, 3.63) is 22.9 Å². The molecular weight excluding hydrogens is 256 g/mol. The normalized spacial score (nSPS) is 10.9. The molecule has 2 aromatic rings. The second-order valence-electron chi connectivity index (χ2n) is 3.22. The standard InChI is InChI=1S/C10H13BrN4/c1-3-14(4-2)10-12-7-9-8(11)5-6-15(9)13-10/h5-7H,3-4H2,1-2H3. The van der Waals surface area contributed by atoms with E-state index in [0.29, 0.717) is 0 Å². The quantitative estimate of drug-likeness (QED) is 0.857. The second-order valence-corrected chi connectivity index (χ2v) is 4.08. The Labute approximate surface area is 97.0 Å². The highest BCUT2D eigenvalue weighted by Crippen LogP contribution is 2.18. The van der Waals surface area contributed by atoms with Crippen molar-refractivity contribution >= 4 is 27.4 Å². The molecule has 0 N–H and O–H groups in total. The molecule has 2 aromatic heterocycles. The fourth-order valence-electron chi connectivity index (χ4n) is 1.51. The molecule has 0 saturated heterocycles. The van der Waals surface area contributed by atoms with Gasteiger partial charge in [-0.2, -0.15) is 0 Å². The first-order chi connectivity index (χ1) is 7.26. The summed E-state index contributed by atoms with van der Waals surface area (Å²) in [5.74, 6) is 0.774. The SMILES string of the molecule is CCN(CC)c1ncc2c(Br)ccn2n1. The van der Waals surface area contributed by atoms with Gasteiger partial charge in [-0.25, -0.2) is 9.50 Å². The van der Waals surface area contributed by atoms with E-state index < -0.39 is 0 Å². The average Bonchev–Trinajstić information content (AvgIpc) is 2.62. The van der Waals surface area contributed by atoms with Crippen LogP contribution in [0.15, 0.2) is 22.9 Å². The molecule has 0 amide bonds. The molecule has 0 aromatic carbocycles. The van der Waals surface area contributed by atoms with E-state index in [1.165, 1.54) is 0 Å². The van der Waals surface area contributed by atoms with Crippen molar-refractivity contribution in [1.29, 1.82) is 0 Å². The van der Waals surface area contributed by atoms with Crippen LogP contribution < -0.4 is 4.90 Å². The topological polar surface area (TPSA) is 33.4 Å². The number of fused-ring (bicyclic) bond motifs is 1. The van der Waals surface area contributed by atoms with Crippen molar-refractivity contribution in [1.82, 2.24) is 14.6 Å². The predicted octanol–water partition coefficient (Wildman–Crippen LogP) is 2.34. The van der Waals surface area contributed by atoms with E-state index in [1.54, 1.807) is 0 Å². The Hall–Kier alpha value is -1.10. The zero-order valence-electron chi connectivity index (χ0n) is 8.81. The summed E-state index contributed by atoms with van der Waals surface area (Å²) in [4.78, 5) is 6.46. The van der Waals surface area contributed by atoms with Gasteiger partial charge in [0.1, 0.15) is 0 Å². The maximum absolute atomic E-state index is 4.44. The zero-order valence-corrected chi connectivity index (χ0v) is 10.4. The summed E-state index contributed by atoms with van der Waals surface area (Å²) >= 11 is 3.45. The van der Waals surface area contributed by atoms with Crippen LogP contribution in [0.25, 0.3) is 5.52 Å². The smallest absolute Gasteiger partial charge is 0.243 e. The lowest BCUT2D eigenvalue weighted by atomic mass is 10.5. The van der Waals surface area contributed by atoms with Crippen LogP contribution in [-0.2, 0) is 0 Å². The number of anilines is 1. The highest BCUT2D eigenvalue weighted by molar-refractivity contribution is 9.10. The average molecular weight is 269 g/mol. The Balaban J connectivity index is 2.46. The summed E-state index contributed by atoms with van der Waals surface area (Å²) < 4.78 is 2.86. The third-order valence-corrected chi connectivity index (χ3v) is 3.07. The van der Waals surface area contributed by atoms with E-state index in [2.05, 4.69) is 44.8 Å². The van der Waals surface area contributed by atoms with E-state index in [4.69, 9.17) is 0 Å². The van der Waals surface area contributed by atoms with Crippen molar-refractivity contribution in [2.45, 2.75) is 13.8 Å². The predicted molar refractivity (Wildman–Crippen MR) is 64.2 cm³/mol. The van der Waals surface area contributed by atoms with Crippen LogP contribution in [0, 0.1) is 0 Å². The molecule has 0 aliphatic heterocycles. The number of hydrogen-bond acceptors (Lipinski definition) is 3. The van der Waals surface area contributed by atoms with Gasteiger partial charge in [-0.15, -0.1) is 5.10 Å². The summed E-state index contributed by atoms with van der Waals surface area (Å²) in [5.41, 5.74) is 0.992. The van der Waals surface area contributed by atoms with E-state index >= 15 is 0 Å². The molecule has 0 spiro atoms. The van der Waals surface area contributed by atoms with Gasteiger partial charge in [-0.3, -0.25) is 0 Å². The monoisotopic (exact) mass is 268 g/mol. The van der Waals surface area contributed by atoms with Gasteiger partial charge in [0, 0.05) is 23.8 Å². The molecule has 0 bridgehead atoms. The van der Waals surface area contributed by atoms with Crippen molar-refractivity contribution in [3.8, 4) is 0 Å². The molecule has 0 aliphatic carbocycles. The zero-order chi connectivity index (χ0) is 10.8. The third-order valence-electron chi connectivity index (χ3n) is 2.40. The van der Waals surface area contributed by atoms with Gasteiger partial charge in [0.05, 0.1) is 11.7 Å². The van der Waals surface area contributed by atoms with Crippen molar-refractivity contribution in [2.24, 2.45) is 0 Å². The van der Waals surface area contributed by atoms with Crippen LogP contribution in [0.2, 0.25) is 0 Å². The first kappa shape index (κ1) is 10.4. The Morgan fingerprint density at radius 1 is 1.40 bits per heavy atom. The Bertz CT molecular complexity index is 461. The molecular formula is C10H13BrN4. The third kappa shape index (κ3) is 1.84. The highest BCUT2D eigenvalue weighted by atomic mass is 79.9. The Morgan fingerprint density at radius 3 is 2.80 bits per heavy atom. The van der Waals surface area contributed by atoms with Crippen molar-refractivity contribution in [2.75, 3.05) is 18.0 Å². The maximum Gasteiger partial charge on any atom is 0.243 e. The maximum atomic E-state index is 4.44. The highest BCUT2D eigenvalue weighted by Gasteiger charge is 2.07. The van der Waals surface area contributed by atoms with Gasteiger partial charge in [-0.1, -0.05) is 0 Å². The molecule has 0 saturated carbocycles. The van der Waals surface area contributed by atoms with Crippen LogP contribution >= 0.6 is 15.9 Å². The first-order valence-corrected chi connectivity index (χ1v) is 5.80. The summed E-state index contributed by atoms with van der Waals surface area (Å²) in [6.45, 7) is 6.04. The van der Waals surface area contributed by atoms with Crippen LogP contribution in [0.1, 0.15) is 13.8 Å². The largest absolute Gasteiger partial charge is 0.340 e. The van der Waals surface area contributed by atoms with Crippen LogP contribution in [0.4, 0.5) is 5.95 Å². The van der Waals surface area contributed by atoms with Gasteiger partial charge in [-0.05, 0) is 35.8 Å². The lowest BCUT2D eigenvalue weighted by Crippen LogP contribution is -2.24. The van der Waals surface area contributed by atoms with Gasteiger partial charge in [0.2, 0.25) is 5.95 Å². The van der Waals surface area contributed by atoms with Gasteiger partial charge >= 0.3 is 0 Å². The fraction of sp³-hybridized carbons (Fsp3) is 0.400.